The average molecular weight is 671 g/mol. The highest BCUT2D eigenvalue weighted by molar-refractivity contribution is 7.58. The first-order chi connectivity index (χ1) is 21.3. The Morgan fingerprint density at radius 1 is 0.477 bits per heavy atom. The molecule has 218 valence electrons. The fourth-order valence-corrected chi connectivity index (χ4v) is 8.00. The Kier molecular flexibility index (Phi) is 7.36. The van der Waals surface area contributed by atoms with Gasteiger partial charge in [-0.05, 0) is 35.4 Å². The van der Waals surface area contributed by atoms with Crippen LogP contribution < -0.4 is 0 Å². The maximum absolute atomic E-state index is 13.6. The Balaban J connectivity index is 1.27. The van der Waals surface area contributed by atoms with Crippen LogP contribution in [0, 0.1) is 0 Å². The summed E-state index contributed by atoms with van der Waals surface area (Å²) in [5.74, 6) is -3.09. The summed E-state index contributed by atoms with van der Waals surface area (Å²) < 4.78 is 96.3. The molecule has 3 aromatic carbocycles. The minimum absolute atomic E-state index is 0.196. The predicted octanol–water partition coefficient (Wildman–Crippen LogP) is 12.3. The Hall–Kier alpha value is -4.24. The number of hydrogen-bond donors (Lipinski definition) is 0. The second kappa shape index (κ2) is 11.4. The van der Waals surface area contributed by atoms with Gasteiger partial charge in [0.2, 0.25) is 0 Å². The molecule has 0 radical (unpaired) electrons. The summed E-state index contributed by atoms with van der Waals surface area (Å²) >= 11 is 5.02. The molecule has 0 aliphatic carbocycles. The number of aromatic nitrogens is 2. The van der Waals surface area contributed by atoms with Crippen molar-refractivity contribution in [1.29, 1.82) is 0 Å². The van der Waals surface area contributed by atoms with Crippen LogP contribution in [0.3, 0.4) is 0 Å². The molecule has 4 nitrogen and oxygen atoms in total. The van der Waals surface area contributed by atoms with Gasteiger partial charge >= 0.3 is 12.2 Å². The third kappa shape index (κ3) is 4.93. The van der Waals surface area contributed by atoms with Crippen LogP contribution in [0.5, 0.6) is 0 Å². The van der Waals surface area contributed by atoms with Gasteiger partial charge in [-0.25, -0.2) is 8.78 Å². The molecular formula is C30H12F6N4S4. The fourth-order valence-electron chi connectivity index (χ4n) is 4.76. The molecule has 7 rings (SSSR count). The van der Waals surface area contributed by atoms with Crippen LogP contribution in [0.4, 0.5) is 37.7 Å². The van der Waals surface area contributed by atoms with Crippen LogP contribution in [0.2, 0.25) is 0 Å². The molecule has 0 N–H and O–H groups in total. The average Bonchev–Trinajstić information content (AvgIpc) is 3.86. The minimum atomic E-state index is -2.36. The number of thiophene rings is 2. The second-order valence-corrected chi connectivity index (χ2v) is 12.5. The summed E-state index contributed by atoms with van der Waals surface area (Å²) in [5.41, 5.74) is 5.21. The first-order valence-corrected chi connectivity index (χ1v) is 15.6. The summed E-state index contributed by atoms with van der Waals surface area (Å²) in [4.78, 5) is 3.38. The maximum atomic E-state index is 13.6. The van der Waals surface area contributed by atoms with E-state index in [2.05, 4.69) is 17.5 Å². The van der Waals surface area contributed by atoms with Crippen molar-refractivity contribution in [3.8, 4) is 41.8 Å². The van der Waals surface area contributed by atoms with E-state index in [4.69, 9.17) is 0 Å². The summed E-state index contributed by atoms with van der Waals surface area (Å²) in [5, 5.41) is 0. The standard InChI is InChI=1S/C30H12F6N4S4/c31-23(29(33)34)15-5-1-13(2-6-15)17-9-11-19(41-17)21-25-27(39-43-37-25)22(28-26(21)38-44-40-28)20-12-10-18(42-20)14-3-7-16(8-4-14)24(32)30(35)36/h1-12H. The van der Waals surface area contributed by atoms with Crippen LogP contribution in [0.15, 0.2) is 93.7 Å². The molecule has 14 heteroatoms. The van der Waals surface area contributed by atoms with Gasteiger partial charge in [0.15, 0.2) is 11.7 Å². The van der Waals surface area contributed by atoms with E-state index >= 15 is 0 Å². The lowest BCUT2D eigenvalue weighted by Crippen LogP contribution is -1.85. The minimum Gasteiger partial charge on any atom is -0.200 e. The van der Waals surface area contributed by atoms with E-state index in [1.807, 2.05) is 24.3 Å². The van der Waals surface area contributed by atoms with Crippen molar-refractivity contribution in [2.45, 2.75) is 0 Å². The summed E-state index contributed by atoms with van der Waals surface area (Å²) in [7, 11) is 0. The Labute approximate surface area is 260 Å². The summed E-state index contributed by atoms with van der Waals surface area (Å²) in [6.45, 7) is 0. The van der Waals surface area contributed by atoms with Crippen LogP contribution in [0.25, 0.3) is 64.4 Å². The third-order valence-electron chi connectivity index (χ3n) is 6.81. The van der Waals surface area contributed by atoms with Gasteiger partial charge in [-0.2, -0.15) is 35.0 Å². The summed E-state index contributed by atoms with van der Waals surface area (Å²) in [6.07, 6.45) is -4.73. The van der Waals surface area contributed by atoms with E-state index in [0.29, 0.717) is 22.4 Å². The highest BCUT2D eigenvalue weighted by Crippen LogP contribution is 2.54. The lowest BCUT2D eigenvalue weighted by atomic mass is 10.0. The fraction of sp³-hybridized carbons (Fsp3) is 0. The summed E-state index contributed by atoms with van der Waals surface area (Å²) in [6, 6.07) is 19.2. The molecular weight excluding hydrogens is 659 g/mol. The molecule has 0 saturated carbocycles. The van der Waals surface area contributed by atoms with Crippen molar-refractivity contribution in [2.24, 2.45) is 8.73 Å². The predicted molar refractivity (Wildman–Crippen MR) is 167 cm³/mol. The number of hydrogen-bond acceptors (Lipinski definition) is 7. The lowest BCUT2D eigenvalue weighted by Gasteiger charge is -2.09. The van der Waals surface area contributed by atoms with E-state index in [0.717, 1.165) is 64.8 Å². The number of benzene rings is 3. The molecule has 0 atom stereocenters. The Bertz CT molecular complexity index is 2060. The number of nitrogens with zero attached hydrogens (tertiary/aromatic N) is 4. The van der Waals surface area contributed by atoms with E-state index in [1.165, 1.54) is 46.9 Å². The topological polar surface area (TPSA) is 50.5 Å². The molecule has 0 unspecified atom stereocenters. The van der Waals surface area contributed by atoms with Crippen molar-refractivity contribution >= 4 is 79.8 Å². The number of rotatable bonds is 6. The highest BCUT2D eigenvalue weighted by atomic mass is 32.1. The third-order valence-corrected chi connectivity index (χ3v) is 10.2. The zero-order valence-electron chi connectivity index (χ0n) is 21.6. The van der Waals surface area contributed by atoms with Crippen molar-refractivity contribution in [2.75, 3.05) is 0 Å². The second-order valence-electron chi connectivity index (χ2n) is 9.30. The van der Waals surface area contributed by atoms with Gasteiger partial charge in [-0.3, -0.25) is 0 Å². The molecule has 0 spiro atoms. The normalized spacial score (nSPS) is 12.0. The number of halogens is 6. The first kappa shape index (κ1) is 28.5. The lowest BCUT2D eigenvalue weighted by molar-refractivity contribution is 0.410. The molecule has 1 aliphatic rings. The van der Waals surface area contributed by atoms with Crippen molar-refractivity contribution in [3.05, 3.63) is 96.1 Å². The van der Waals surface area contributed by atoms with Crippen LogP contribution in [-0.2, 0) is 11.4 Å². The monoisotopic (exact) mass is 670 g/mol. The van der Waals surface area contributed by atoms with Gasteiger partial charge in [-0.15, -0.1) is 22.7 Å². The Morgan fingerprint density at radius 3 is 1.25 bits per heavy atom. The zero-order chi connectivity index (χ0) is 30.5. The molecule has 0 fully saturated rings. The molecule has 0 amide bonds. The Morgan fingerprint density at radius 2 is 0.864 bits per heavy atom. The van der Waals surface area contributed by atoms with Crippen LogP contribution in [0.1, 0.15) is 11.1 Å². The molecule has 1 aliphatic heterocycles. The van der Waals surface area contributed by atoms with E-state index in [1.54, 1.807) is 24.3 Å². The molecule has 44 heavy (non-hydrogen) atoms. The van der Waals surface area contributed by atoms with Gasteiger partial charge < -0.3 is 0 Å². The van der Waals surface area contributed by atoms with Gasteiger partial charge in [-0.1, -0.05) is 48.5 Å². The van der Waals surface area contributed by atoms with Crippen molar-refractivity contribution < 1.29 is 26.3 Å². The molecule has 0 bridgehead atoms. The van der Waals surface area contributed by atoms with Crippen molar-refractivity contribution in [1.82, 2.24) is 8.75 Å². The van der Waals surface area contributed by atoms with Crippen LogP contribution >= 0.6 is 34.4 Å². The van der Waals surface area contributed by atoms with Crippen molar-refractivity contribution in [3.63, 3.8) is 0 Å². The van der Waals surface area contributed by atoms with E-state index in [9.17, 15) is 26.3 Å². The number of fused-ring (bicyclic) bond motifs is 2. The SMILES string of the molecule is FC(F)=C(F)c1ccc(-c2ccc(-c3c4c(c(-c5ccc(-c6ccc(C(F)=C(F)F)cc6)s5)c5nsnc35)N=S=N4)s2)cc1. The van der Waals surface area contributed by atoms with Gasteiger partial charge in [0, 0.05) is 41.8 Å². The van der Waals surface area contributed by atoms with Gasteiger partial charge in [0.25, 0.3) is 0 Å². The molecule has 3 aromatic heterocycles. The van der Waals surface area contributed by atoms with Gasteiger partial charge in [0.05, 0.1) is 23.1 Å². The smallest absolute Gasteiger partial charge is 0.200 e. The van der Waals surface area contributed by atoms with E-state index in [-0.39, 0.29) is 11.1 Å². The highest BCUT2D eigenvalue weighted by Gasteiger charge is 2.28. The maximum Gasteiger partial charge on any atom is 0.306 e. The largest absolute Gasteiger partial charge is 0.306 e. The van der Waals surface area contributed by atoms with Gasteiger partial charge in [0.1, 0.15) is 22.4 Å². The first-order valence-electron chi connectivity index (χ1n) is 12.5. The zero-order valence-corrected chi connectivity index (χ0v) is 24.9. The molecule has 4 heterocycles. The van der Waals surface area contributed by atoms with E-state index < -0.39 is 23.8 Å². The quantitative estimate of drug-likeness (QED) is 0.165. The molecule has 6 aromatic rings. The van der Waals surface area contributed by atoms with Crippen LogP contribution in [-0.4, -0.2) is 8.75 Å². The molecule has 0 saturated heterocycles.